The van der Waals surface area contributed by atoms with Gasteiger partial charge in [0.25, 0.3) is 0 Å². The molecule has 1 rings (SSSR count). The zero-order valence-electron chi connectivity index (χ0n) is 9.44. The molecule has 13 heavy (non-hydrogen) atoms. The Bertz CT molecular complexity index is 282. The quantitative estimate of drug-likeness (QED) is 0.596. The van der Waals surface area contributed by atoms with E-state index in [1.807, 2.05) is 20.8 Å². The van der Waals surface area contributed by atoms with Crippen LogP contribution < -0.4 is 0 Å². The Morgan fingerprint density at radius 2 is 1.69 bits per heavy atom. The zero-order chi connectivity index (χ0) is 10.4. The maximum absolute atomic E-state index is 3.93. The molecular formula is C13H20. The van der Waals surface area contributed by atoms with Crippen LogP contribution in [0, 0.1) is 13.8 Å². The average molecular weight is 176 g/mol. The Morgan fingerprint density at radius 1 is 1.15 bits per heavy atom. The van der Waals surface area contributed by atoms with Crippen LogP contribution in [0.25, 0.3) is 5.57 Å². The standard InChI is InChI=1S/C11H14.C2H6/c1-8(2)11-7-9(3)5-6-10(11)4;1-2/h5-7H,1H2,2-4H3;1-2H3. The summed E-state index contributed by atoms with van der Waals surface area (Å²) in [5.74, 6) is 0. The highest BCUT2D eigenvalue weighted by molar-refractivity contribution is 5.64. The fraction of sp³-hybridized carbons (Fsp3) is 0.385. The van der Waals surface area contributed by atoms with Crippen molar-refractivity contribution in [3.63, 3.8) is 0 Å². The fourth-order valence-corrected chi connectivity index (χ4v) is 1.20. The summed E-state index contributed by atoms with van der Waals surface area (Å²) in [6, 6.07) is 6.44. The third-order valence-corrected chi connectivity index (χ3v) is 1.85. The van der Waals surface area contributed by atoms with Crippen LogP contribution in [0.3, 0.4) is 0 Å². The normalized spacial score (nSPS) is 8.69. The highest BCUT2D eigenvalue weighted by atomic mass is 14.0. The first kappa shape index (κ1) is 12.0. The van der Waals surface area contributed by atoms with Crippen molar-refractivity contribution in [2.24, 2.45) is 0 Å². The monoisotopic (exact) mass is 176 g/mol. The molecule has 0 fully saturated rings. The summed E-state index contributed by atoms with van der Waals surface area (Å²) in [7, 11) is 0. The fourth-order valence-electron chi connectivity index (χ4n) is 1.20. The van der Waals surface area contributed by atoms with Gasteiger partial charge in [-0.1, -0.05) is 49.8 Å². The van der Waals surface area contributed by atoms with Gasteiger partial charge in [0, 0.05) is 0 Å². The van der Waals surface area contributed by atoms with Crippen molar-refractivity contribution in [1.29, 1.82) is 0 Å². The minimum atomic E-state index is 1.14. The highest BCUT2D eigenvalue weighted by Gasteiger charge is 1.97. The molecule has 0 nitrogen and oxygen atoms in total. The summed E-state index contributed by atoms with van der Waals surface area (Å²) in [5.41, 5.74) is 5.04. The molecule has 0 aromatic heterocycles. The molecule has 0 aliphatic heterocycles. The average Bonchev–Trinajstić information content (AvgIpc) is 2.12. The molecule has 0 saturated carbocycles. The third-order valence-electron chi connectivity index (χ3n) is 1.85. The van der Waals surface area contributed by atoms with E-state index in [0.717, 1.165) is 5.57 Å². The predicted octanol–water partition coefficient (Wildman–Crippen LogP) is 4.36. The Labute approximate surface area is 82.3 Å². The summed E-state index contributed by atoms with van der Waals surface area (Å²) in [5, 5.41) is 0. The molecular weight excluding hydrogens is 156 g/mol. The van der Waals surface area contributed by atoms with E-state index in [9.17, 15) is 0 Å². The molecule has 1 aromatic rings. The number of rotatable bonds is 1. The Kier molecular flexibility index (Phi) is 5.13. The number of aryl methyl sites for hydroxylation is 2. The van der Waals surface area contributed by atoms with Crippen LogP contribution in [0.15, 0.2) is 24.8 Å². The van der Waals surface area contributed by atoms with Crippen molar-refractivity contribution in [3.8, 4) is 0 Å². The molecule has 0 heteroatoms. The van der Waals surface area contributed by atoms with Crippen molar-refractivity contribution in [2.75, 3.05) is 0 Å². The Morgan fingerprint density at radius 3 is 2.08 bits per heavy atom. The SMILES string of the molecule is C=C(C)c1cc(C)ccc1C.CC. The van der Waals surface area contributed by atoms with Gasteiger partial charge in [-0.05, 0) is 31.9 Å². The number of benzene rings is 1. The molecule has 72 valence electrons. The van der Waals surface area contributed by atoms with E-state index < -0.39 is 0 Å². The maximum atomic E-state index is 3.93. The summed E-state index contributed by atoms with van der Waals surface area (Å²) in [6.07, 6.45) is 0. The van der Waals surface area contributed by atoms with Crippen LogP contribution in [0.5, 0.6) is 0 Å². The van der Waals surface area contributed by atoms with Gasteiger partial charge in [0.15, 0.2) is 0 Å². The van der Waals surface area contributed by atoms with Crippen LogP contribution in [0.4, 0.5) is 0 Å². The number of hydrogen-bond donors (Lipinski definition) is 0. The van der Waals surface area contributed by atoms with Gasteiger partial charge in [-0.2, -0.15) is 0 Å². The molecule has 0 saturated heterocycles. The van der Waals surface area contributed by atoms with Crippen molar-refractivity contribution in [3.05, 3.63) is 41.5 Å². The van der Waals surface area contributed by atoms with Crippen molar-refractivity contribution < 1.29 is 0 Å². The molecule has 0 N–H and O–H groups in total. The molecule has 1 aromatic carbocycles. The van der Waals surface area contributed by atoms with E-state index in [1.165, 1.54) is 16.7 Å². The van der Waals surface area contributed by atoms with Crippen molar-refractivity contribution in [1.82, 2.24) is 0 Å². The predicted molar refractivity (Wildman–Crippen MR) is 62.0 cm³/mol. The van der Waals surface area contributed by atoms with Crippen LogP contribution in [0.2, 0.25) is 0 Å². The molecule has 0 spiro atoms. The topological polar surface area (TPSA) is 0 Å². The molecule has 0 bridgehead atoms. The lowest BCUT2D eigenvalue weighted by molar-refractivity contribution is 1.36. The van der Waals surface area contributed by atoms with E-state index in [-0.39, 0.29) is 0 Å². The van der Waals surface area contributed by atoms with Gasteiger partial charge in [-0.3, -0.25) is 0 Å². The molecule has 0 unspecified atom stereocenters. The van der Waals surface area contributed by atoms with E-state index in [0.29, 0.717) is 0 Å². The molecule has 0 atom stereocenters. The Hall–Kier alpha value is -1.04. The van der Waals surface area contributed by atoms with Gasteiger partial charge in [0.1, 0.15) is 0 Å². The summed E-state index contributed by atoms with van der Waals surface area (Å²) >= 11 is 0. The van der Waals surface area contributed by atoms with E-state index in [4.69, 9.17) is 0 Å². The van der Waals surface area contributed by atoms with Crippen LogP contribution in [-0.4, -0.2) is 0 Å². The van der Waals surface area contributed by atoms with Gasteiger partial charge < -0.3 is 0 Å². The number of allylic oxidation sites excluding steroid dienone is 1. The van der Waals surface area contributed by atoms with E-state index in [2.05, 4.69) is 38.6 Å². The lowest BCUT2D eigenvalue weighted by atomic mass is 10.0. The summed E-state index contributed by atoms with van der Waals surface area (Å²) < 4.78 is 0. The smallest absolute Gasteiger partial charge is 0.0201 e. The summed E-state index contributed by atoms with van der Waals surface area (Å²) in [4.78, 5) is 0. The molecule has 0 amide bonds. The molecule has 0 radical (unpaired) electrons. The second kappa shape index (κ2) is 5.58. The first-order chi connectivity index (χ1) is 6.11. The Balaban J connectivity index is 0.000000671. The van der Waals surface area contributed by atoms with Crippen molar-refractivity contribution in [2.45, 2.75) is 34.6 Å². The van der Waals surface area contributed by atoms with Gasteiger partial charge in [0.2, 0.25) is 0 Å². The van der Waals surface area contributed by atoms with Gasteiger partial charge in [0.05, 0.1) is 0 Å². The van der Waals surface area contributed by atoms with Crippen LogP contribution in [0.1, 0.15) is 37.5 Å². The second-order valence-corrected chi connectivity index (χ2v) is 3.10. The first-order valence-corrected chi connectivity index (χ1v) is 4.84. The second-order valence-electron chi connectivity index (χ2n) is 3.10. The van der Waals surface area contributed by atoms with E-state index in [1.54, 1.807) is 0 Å². The molecule has 0 heterocycles. The number of hydrogen-bond acceptors (Lipinski definition) is 0. The third kappa shape index (κ3) is 3.45. The zero-order valence-corrected chi connectivity index (χ0v) is 9.44. The minimum Gasteiger partial charge on any atom is -0.0955 e. The largest absolute Gasteiger partial charge is 0.0955 e. The summed E-state index contributed by atoms with van der Waals surface area (Å²) in [6.45, 7) is 14.2. The highest BCUT2D eigenvalue weighted by Crippen LogP contribution is 2.17. The van der Waals surface area contributed by atoms with Crippen LogP contribution in [-0.2, 0) is 0 Å². The minimum absolute atomic E-state index is 1.14. The van der Waals surface area contributed by atoms with Gasteiger partial charge in [-0.15, -0.1) is 0 Å². The first-order valence-electron chi connectivity index (χ1n) is 4.84. The van der Waals surface area contributed by atoms with Crippen LogP contribution >= 0.6 is 0 Å². The van der Waals surface area contributed by atoms with E-state index >= 15 is 0 Å². The van der Waals surface area contributed by atoms with Gasteiger partial charge in [-0.25, -0.2) is 0 Å². The van der Waals surface area contributed by atoms with Gasteiger partial charge >= 0.3 is 0 Å². The lowest BCUT2D eigenvalue weighted by Crippen LogP contribution is -1.85. The molecule has 0 aliphatic carbocycles. The van der Waals surface area contributed by atoms with Crippen molar-refractivity contribution >= 4 is 5.57 Å². The maximum Gasteiger partial charge on any atom is -0.0201 e. The lowest BCUT2D eigenvalue weighted by Gasteiger charge is -2.05. The molecule has 0 aliphatic rings.